The van der Waals surface area contributed by atoms with Crippen molar-refractivity contribution in [1.82, 2.24) is 10.3 Å². The van der Waals surface area contributed by atoms with Crippen LogP contribution in [0.5, 0.6) is 0 Å². The van der Waals surface area contributed by atoms with Crippen LogP contribution in [-0.2, 0) is 11.3 Å². The Hall–Kier alpha value is -1.32. The molecule has 0 atom stereocenters. The van der Waals surface area contributed by atoms with Crippen molar-refractivity contribution in [3.63, 3.8) is 0 Å². The Labute approximate surface area is 127 Å². The molecule has 1 aliphatic rings. The molecule has 1 fully saturated rings. The predicted octanol–water partition coefficient (Wildman–Crippen LogP) is 4.00. The maximum Gasteiger partial charge on any atom is 0.0575 e. The van der Waals surface area contributed by atoms with Gasteiger partial charge in [-0.1, -0.05) is 37.5 Å². The largest absolute Gasteiger partial charge is 0.378 e. The molecule has 3 nitrogen and oxygen atoms in total. The molecule has 0 unspecified atom stereocenters. The Morgan fingerprint density at radius 1 is 1.14 bits per heavy atom. The van der Waals surface area contributed by atoms with Crippen LogP contribution in [0.3, 0.4) is 0 Å². The third-order valence-electron chi connectivity index (χ3n) is 4.39. The Kier molecular flexibility index (Phi) is 5.30. The van der Waals surface area contributed by atoms with Gasteiger partial charge in [-0.25, -0.2) is 0 Å². The molecule has 0 saturated heterocycles. The monoisotopic (exact) mass is 286 g/mol. The second-order valence-corrected chi connectivity index (χ2v) is 6.02. The highest BCUT2D eigenvalue weighted by atomic mass is 16.5. The first-order valence-corrected chi connectivity index (χ1v) is 8.31. The number of ether oxygens (including phenoxy) is 1. The fourth-order valence-corrected chi connectivity index (χ4v) is 3.18. The van der Waals surface area contributed by atoms with Gasteiger partial charge in [0.25, 0.3) is 0 Å². The van der Waals surface area contributed by atoms with Gasteiger partial charge in [-0.05, 0) is 37.4 Å². The highest BCUT2D eigenvalue weighted by Crippen LogP contribution is 2.20. The van der Waals surface area contributed by atoms with Gasteiger partial charge in [-0.3, -0.25) is 0 Å². The summed E-state index contributed by atoms with van der Waals surface area (Å²) in [6, 6.07) is 8.46. The molecule has 0 aliphatic heterocycles. The number of para-hydroxylation sites is 1. The van der Waals surface area contributed by atoms with Gasteiger partial charge in [0.2, 0.25) is 0 Å². The molecule has 0 amide bonds. The van der Waals surface area contributed by atoms with E-state index in [-0.39, 0.29) is 0 Å². The summed E-state index contributed by atoms with van der Waals surface area (Å²) in [6.45, 7) is 2.84. The van der Waals surface area contributed by atoms with Gasteiger partial charge in [-0.15, -0.1) is 0 Å². The lowest BCUT2D eigenvalue weighted by atomic mass is 9.98. The Balaban J connectivity index is 1.33. The molecule has 1 saturated carbocycles. The van der Waals surface area contributed by atoms with Crippen LogP contribution in [-0.4, -0.2) is 24.2 Å². The summed E-state index contributed by atoms with van der Waals surface area (Å²) >= 11 is 0. The number of fused-ring (bicyclic) bond motifs is 1. The first-order valence-electron chi connectivity index (χ1n) is 8.31. The Bertz CT molecular complexity index is 543. The number of nitrogens with one attached hydrogen (secondary N) is 2. The Morgan fingerprint density at radius 3 is 2.90 bits per heavy atom. The Morgan fingerprint density at radius 2 is 2.00 bits per heavy atom. The minimum atomic E-state index is 0.535. The summed E-state index contributed by atoms with van der Waals surface area (Å²) in [5, 5.41) is 4.84. The van der Waals surface area contributed by atoms with Crippen molar-refractivity contribution in [3.05, 3.63) is 36.0 Å². The van der Waals surface area contributed by atoms with Crippen molar-refractivity contribution < 1.29 is 4.74 Å². The van der Waals surface area contributed by atoms with Crippen LogP contribution in [0.2, 0.25) is 0 Å². The summed E-state index contributed by atoms with van der Waals surface area (Å²) in [5.74, 6) is 0. The fraction of sp³-hybridized carbons (Fsp3) is 0.556. The van der Waals surface area contributed by atoms with E-state index < -0.39 is 0 Å². The molecule has 1 aromatic heterocycles. The van der Waals surface area contributed by atoms with Crippen molar-refractivity contribution >= 4 is 10.9 Å². The van der Waals surface area contributed by atoms with E-state index >= 15 is 0 Å². The normalized spacial score (nSPS) is 16.6. The lowest BCUT2D eigenvalue weighted by molar-refractivity contribution is 0.0273. The van der Waals surface area contributed by atoms with E-state index in [0.717, 1.165) is 26.1 Å². The second kappa shape index (κ2) is 7.62. The van der Waals surface area contributed by atoms with Crippen LogP contribution in [0.4, 0.5) is 0 Å². The van der Waals surface area contributed by atoms with Gasteiger partial charge in [-0.2, -0.15) is 0 Å². The summed E-state index contributed by atoms with van der Waals surface area (Å²) in [6.07, 6.45) is 10.4. The van der Waals surface area contributed by atoms with E-state index in [1.54, 1.807) is 0 Å². The van der Waals surface area contributed by atoms with Gasteiger partial charge in [0.05, 0.1) is 6.10 Å². The average molecular weight is 286 g/mol. The molecule has 1 aliphatic carbocycles. The van der Waals surface area contributed by atoms with Crippen LogP contribution in [0, 0.1) is 0 Å². The van der Waals surface area contributed by atoms with Crippen LogP contribution in [0.15, 0.2) is 30.5 Å². The van der Waals surface area contributed by atoms with Crippen LogP contribution >= 0.6 is 0 Å². The van der Waals surface area contributed by atoms with Crippen LogP contribution in [0.1, 0.15) is 44.1 Å². The zero-order chi connectivity index (χ0) is 14.3. The van der Waals surface area contributed by atoms with Crippen LogP contribution < -0.4 is 5.32 Å². The second-order valence-electron chi connectivity index (χ2n) is 6.02. The molecule has 114 valence electrons. The van der Waals surface area contributed by atoms with E-state index in [1.807, 2.05) is 0 Å². The third-order valence-corrected chi connectivity index (χ3v) is 4.39. The van der Waals surface area contributed by atoms with Crippen molar-refractivity contribution in [3.8, 4) is 0 Å². The smallest absolute Gasteiger partial charge is 0.0575 e. The standard InChI is InChI=1S/C18H26N2O/c1-2-7-16(8-3-1)21-12-6-11-19-13-15-14-20-18-10-5-4-9-17(15)18/h4-5,9-10,14,16,19-20H,1-3,6-8,11-13H2. The molecular formula is C18H26N2O. The number of benzene rings is 1. The summed E-state index contributed by atoms with van der Waals surface area (Å²) in [5.41, 5.74) is 2.56. The van der Waals surface area contributed by atoms with E-state index in [9.17, 15) is 0 Å². The van der Waals surface area contributed by atoms with Gasteiger partial charge >= 0.3 is 0 Å². The number of hydrogen-bond donors (Lipinski definition) is 2. The number of aromatic amines is 1. The number of rotatable bonds is 7. The zero-order valence-corrected chi connectivity index (χ0v) is 12.7. The number of hydrogen-bond acceptors (Lipinski definition) is 2. The molecule has 3 heteroatoms. The summed E-state index contributed by atoms with van der Waals surface area (Å²) in [7, 11) is 0. The van der Waals surface area contributed by atoms with E-state index in [0.29, 0.717) is 6.10 Å². The molecule has 2 N–H and O–H groups in total. The summed E-state index contributed by atoms with van der Waals surface area (Å²) in [4.78, 5) is 3.32. The molecule has 0 spiro atoms. The van der Waals surface area contributed by atoms with Gasteiger partial charge in [0.1, 0.15) is 0 Å². The first-order chi connectivity index (χ1) is 10.4. The zero-order valence-electron chi connectivity index (χ0n) is 12.7. The minimum Gasteiger partial charge on any atom is -0.378 e. The average Bonchev–Trinajstić information content (AvgIpc) is 2.95. The van der Waals surface area contributed by atoms with Gasteiger partial charge in [0.15, 0.2) is 0 Å². The molecule has 0 bridgehead atoms. The van der Waals surface area contributed by atoms with Gasteiger partial charge < -0.3 is 15.0 Å². The highest BCUT2D eigenvalue weighted by molar-refractivity contribution is 5.82. The number of aromatic nitrogens is 1. The van der Waals surface area contributed by atoms with E-state index in [2.05, 4.69) is 40.8 Å². The molecule has 1 aromatic carbocycles. The van der Waals surface area contributed by atoms with Crippen LogP contribution in [0.25, 0.3) is 10.9 Å². The van der Waals surface area contributed by atoms with Crippen molar-refractivity contribution in [2.24, 2.45) is 0 Å². The first kappa shape index (κ1) is 14.6. The lowest BCUT2D eigenvalue weighted by Gasteiger charge is -2.21. The minimum absolute atomic E-state index is 0.535. The quantitative estimate of drug-likeness (QED) is 0.755. The van der Waals surface area contributed by atoms with E-state index in [4.69, 9.17) is 4.74 Å². The molecule has 21 heavy (non-hydrogen) atoms. The topological polar surface area (TPSA) is 37.0 Å². The van der Waals surface area contributed by atoms with Gasteiger partial charge in [0, 0.05) is 30.3 Å². The van der Waals surface area contributed by atoms with Crippen molar-refractivity contribution in [2.75, 3.05) is 13.2 Å². The molecular weight excluding hydrogens is 260 g/mol. The number of H-pyrrole nitrogens is 1. The third kappa shape index (κ3) is 4.08. The van der Waals surface area contributed by atoms with E-state index in [1.165, 1.54) is 48.6 Å². The maximum absolute atomic E-state index is 5.94. The molecule has 0 radical (unpaired) electrons. The van der Waals surface area contributed by atoms with Crippen molar-refractivity contribution in [2.45, 2.75) is 51.2 Å². The SMILES string of the molecule is c1ccc2c(CNCCCOC3CCCCC3)c[nH]c2c1. The fourth-order valence-electron chi connectivity index (χ4n) is 3.18. The lowest BCUT2D eigenvalue weighted by Crippen LogP contribution is -2.20. The maximum atomic E-state index is 5.94. The molecule has 3 rings (SSSR count). The summed E-state index contributed by atoms with van der Waals surface area (Å²) < 4.78 is 5.94. The predicted molar refractivity (Wildman–Crippen MR) is 87.4 cm³/mol. The van der Waals surface area contributed by atoms with Crippen molar-refractivity contribution in [1.29, 1.82) is 0 Å². The molecule has 1 heterocycles. The molecule has 2 aromatic rings. The highest BCUT2D eigenvalue weighted by Gasteiger charge is 2.12.